The van der Waals surface area contributed by atoms with E-state index in [0.717, 1.165) is 22.2 Å². The second-order valence-electron chi connectivity index (χ2n) is 4.95. The van der Waals surface area contributed by atoms with E-state index in [1.54, 1.807) is 12.6 Å². The van der Waals surface area contributed by atoms with Crippen LogP contribution in [0.3, 0.4) is 0 Å². The van der Waals surface area contributed by atoms with Crippen LogP contribution in [0.2, 0.25) is 0 Å². The van der Waals surface area contributed by atoms with Crippen LogP contribution in [0.25, 0.3) is 10.9 Å². The van der Waals surface area contributed by atoms with Gasteiger partial charge in [-0.2, -0.15) is 0 Å². The summed E-state index contributed by atoms with van der Waals surface area (Å²) in [4.78, 5) is 19.4. The molecule has 23 heavy (non-hydrogen) atoms. The van der Waals surface area contributed by atoms with Crippen LogP contribution in [0.1, 0.15) is 17.3 Å². The number of nitrogens with one attached hydrogen (secondary N) is 2. The molecule has 0 aliphatic rings. The third kappa shape index (κ3) is 3.06. The van der Waals surface area contributed by atoms with Crippen LogP contribution >= 0.6 is 11.3 Å². The average molecular weight is 331 g/mol. The van der Waals surface area contributed by atoms with Crippen molar-refractivity contribution in [1.82, 2.24) is 15.3 Å². The molecule has 2 heterocycles. The number of carbonyl (C=O) groups excluding carboxylic acids is 1. The Labute approximate surface area is 137 Å². The maximum Gasteiger partial charge on any atom is 0.329 e. The summed E-state index contributed by atoms with van der Waals surface area (Å²) in [6.07, 6.45) is 1.87. The molecule has 0 radical (unpaired) electrons. The quantitative estimate of drug-likeness (QED) is 0.679. The van der Waals surface area contributed by atoms with Crippen LogP contribution in [0.15, 0.2) is 35.3 Å². The zero-order chi connectivity index (χ0) is 16.2. The van der Waals surface area contributed by atoms with E-state index in [-0.39, 0.29) is 5.97 Å². The number of methoxy groups -OCH3 is 2. The van der Waals surface area contributed by atoms with Gasteiger partial charge in [-0.05, 0) is 12.1 Å². The zero-order valence-electron chi connectivity index (χ0n) is 12.8. The van der Waals surface area contributed by atoms with Gasteiger partial charge in [0.25, 0.3) is 0 Å². The van der Waals surface area contributed by atoms with Crippen LogP contribution in [0.5, 0.6) is 5.75 Å². The minimum absolute atomic E-state index is 0.363. The van der Waals surface area contributed by atoms with Crippen molar-refractivity contribution in [3.8, 4) is 5.75 Å². The van der Waals surface area contributed by atoms with Crippen molar-refractivity contribution in [1.29, 1.82) is 0 Å². The average Bonchev–Trinajstić information content (AvgIpc) is 3.25. The highest BCUT2D eigenvalue weighted by Gasteiger charge is 2.23. The number of aromatic nitrogens is 2. The third-order valence-electron chi connectivity index (χ3n) is 3.65. The summed E-state index contributed by atoms with van der Waals surface area (Å²) in [5.74, 6) is 0.427. The number of esters is 1. The lowest BCUT2D eigenvalue weighted by atomic mass is 10.1. The Balaban J connectivity index is 1.85. The first-order chi connectivity index (χ1) is 11.2. The van der Waals surface area contributed by atoms with Gasteiger partial charge in [-0.3, -0.25) is 5.32 Å². The maximum absolute atomic E-state index is 12.0. The van der Waals surface area contributed by atoms with Crippen LogP contribution in [-0.4, -0.2) is 30.2 Å². The Bertz CT molecular complexity index is 798. The van der Waals surface area contributed by atoms with E-state index < -0.39 is 6.04 Å². The van der Waals surface area contributed by atoms with Gasteiger partial charge in [-0.25, -0.2) is 9.78 Å². The Morgan fingerprint density at radius 3 is 2.96 bits per heavy atom. The number of benzene rings is 1. The number of thiazole rings is 1. The highest BCUT2D eigenvalue weighted by Crippen LogP contribution is 2.29. The molecule has 3 aromatic rings. The van der Waals surface area contributed by atoms with E-state index in [1.807, 2.05) is 29.8 Å². The normalized spacial score (nSPS) is 12.3. The molecule has 0 bridgehead atoms. The van der Waals surface area contributed by atoms with E-state index in [2.05, 4.69) is 15.3 Å². The predicted molar refractivity (Wildman–Crippen MR) is 88.6 cm³/mol. The molecule has 0 aliphatic heterocycles. The van der Waals surface area contributed by atoms with Gasteiger partial charge in [0.1, 0.15) is 11.8 Å². The van der Waals surface area contributed by atoms with Gasteiger partial charge in [-0.1, -0.05) is 6.07 Å². The van der Waals surface area contributed by atoms with Gasteiger partial charge in [0.15, 0.2) is 0 Å². The topological polar surface area (TPSA) is 76.2 Å². The predicted octanol–water partition coefficient (Wildman–Crippen LogP) is 2.64. The fourth-order valence-corrected chi connectivity index (χ4v) is 3.11. The monoisotopic (exact) mass is 331 g/mol. The molecule has 0 aliphatic carbocycles. The molecular weight excluding hydrogens is 314 g/mol. The number of rotatable bonds is 6. The summed E-state index contributed by atoms with van der Waals surface area (Å²) in [6, 6.07) is 5.33. The number of nitrogens with zero attached hydrogens (tertiary/aromatic N) is 1. The van der Waals surface area contributed by atoms with Crippen molar-refractivity contribution < 1.29 is 14.3 Å². The second-order valence-corrected chi connectivity index (χ2v) is 5.67. The molecule has 1 unspecified atom stereocenters. The highest BCUT2D eigenvalue weighted by atomic mass is 32.1. The number of ether oxygens (including phenoxy) is 2. The summed E-state index contributed by atoms with van der Waals surface area (Å²) in [6.45, 7) is 0.460. The van der Waals surface area contributed by atoms with Crippen molar-refractivity contribution in [2.24, 2.45) is 0 Å². The third-order valence-corrected chi connectivity index (χ3v) is 4.26. The summed E-state index contributed by atoms with van der Waals surface area (Å²) in [5, 5.41) is 6.04. The molecule has 6 nitrogen and oxygen atoms in total. The number of hydrogen-bond donors (Lipinski definition) is 2. The molecule has 0 amide bonds. The van der Waals surface area contributed by atoms with E-state index in [0.29, 0.717) is 12.2 Å². The van der Waals surface area contributed by atoms with E-state index in [1.165, 1.54) is 18.4 Å². The summed E-state index contributed by atoms with van der Waals surface area (Å²) in [7, 11) is 3.01. The Kier molecular flexibility index (Phi) is 4.59. The Hall–Kier alpha value is -2.38. The van der Waals surface area contributed by atoms with Crippen molar-refractivity contribution in [3.05, 3.63) is 46.5 Å². The Morgan fingerprint density at radius 1 is 1.39 bits per heavy atom. The van der Waals surface area contributed by atoms with Crippen molar-refractivity contribution in [2.45, 2.75) is 12.6 Å². The molecule has 1 atom stereocenters. The van der Waals surface area contributed by atoms with Gasteiger partial charge in [0.05, 0.1) is 25.4 Å². The number of fused-ring (bicyclic) bond motifs is 1. The molecule has 0 saturated heterocycles. The van der Waals surface area contributed by atoms with Gasteiger partial charge in [-0.15, -0.1) is 11.3 Å². The van der Waals surface area contributed by atoms with Gasteiger partial charge >= 0.3 is 5.97 Å². The largest absolute Gasteiger partial charge is 0.496 e. The zero-order valence-corrected chi connectivity index (χ0v) is 13.6. The molecule has 1 aromatic carbocycles. The number of H-pyrrole nitrogens is 1. The first kappa shape index (κ1) is 15.5. The molecular formula is C16H17N3O3S. The number of hydrogen-bond acceptors (Lipinski definition) is 6. The fraction of sp³-hybridized carbons (Fsp3) is 0.250. The lowest BCUT2D eigenvalue weighted by molar-refractivity contribution is -0.143. The van der Waals surface area contributed by atoms with Crippen molar-refractivity contribution >= 4 is 28.2 Å². The minimum Gasteiger partial charge on any atom is -0.496 e. The lowest BCUT2D eigenvalue weighted by Crippen LogP contribution is -2.29. The van der Waals surface area contributed by atoms with Gasteiger partial charge in [0, 0.05) is 34.6 Å². The SMILES string of the molecule is COC(=O)C(NCc1ccc2[nH]ccc2c1OC)c1cscn1. The van der Waals surface area contributed by atoms with Crippen LogP contribution in [-0.2, 0) is 16.1 Å². The van der Waals surface area contributed by atoms with E-state index in [4.69, 9.17) is 9.47 Å². The number of carbonyl (C=O) groups is 1. The summed E-state index contributed by atoms with van der Waals surface area (Å²) >= 11 is 1.44. The highest BCUT2D eigenvalue weighted by molar-refractivity contribution is 7.07. The molecule has 7 heteroatoms. The molecule has 0 spiro atoms. The standard InChI is InChI=1S/C16H17N3O3S/c1-21-15-10(3-4-12-11(15)5-6-17-12)7-18-14(16(20)22-2)13-8-23-9-19-13/h3-6,8-9,14,17-18H,7H2,1-2H3. The van der Waals surface area contributed by atoms with E-state index in [9.17, 15) is 4.79 Å². The van der Waals surface area contributed by atoms with Crippen molar-refractivity contribution in [2.75, 3.05) is 14.2 Å². The van der Waals surface area contributed by atoms with Crippen LogP contribution in [0, 0.1) is 0 Å². The van der Waals surface area contributed by atoms with Crippen LogP contribution < -0.4 is 10.1 Å². The molecule has 2 N–H and O–H groups in total. The molecule has 3 rings (SSSR count). The maximum atomic E-state index is 12.0. The second kappa shape index (κ2) is 6.80. The van der Waals surface area contributed by atoms with Gasteiger partial charge in [0.2, 0.25) is 0 Å². The summed E-state index contributed by atoms with van der Waals surface area (Å²) < 4.78 is 10.4. The smallest absolute Gasteiger partial charge is 0.329 e. The molecule has 120 valence electrons. The van der Waals surface area contributed by atoms with E-state index >= 15 is 0 Å². The lowest BCUT2D eigenvalue weighted by Gasteiger charge is -2.16. The van der Waals surface area contributed by atoms with Crippen molar-refractivity contribution in [3.63, 3.8) is 0 Å². The van der Waals surface area contributed by atoms with Gasteiger partial charge < -0.3 is 14.5 Å². The molecule has 0 fully saturated rings. The number of aromatic amines is 1. The summed E-state index contributed by atoms with van der Waals surface area (Å²) in [5.41, 5.74) is 4.32. The molecule has 0 saturated carbocycles. The first-order valence-electron chi connectivity index (χ1n) is 7.07. The minimum atomic E-state index is -0.599. The Morgan fingerprint density at radius 2 is 2.26 bits per heavy atom. The first-order valence-corrected chi connectivity index (χ1v) is 8.01. The van der Waals surface area contributed by atoms with Crippen LogP contribution in [0.4, 0.5) is 0 Å². The molecule has 2 aromatic heterocycles. The fourth-order valence-electron chi connectivity index (χ4n) is 2.53.